The molecular formula is C16H20N2O3. The summed E-state index contributed by atoms with van der Waals surface area (Å²) in [5.74, 6) is 0.402. The molecule has 0 unspecified atom stereocenters. The normalized spacial score (nSPS) is 10.8. The average molecular weight is 288 g/mol. The number of aromatic nitrogens is 2. The van der Waals surface area contributed by atoms with Crippen LogP contribution in [0.1, 0.15) is 50.0 Å². The van der Waals surface area contributed by atoms with Gasteiger partial charge in [-0.15, -0.1) is 10.2 Å². The van der Waals surface area contributed by atoms with E-state index in [1.54, 1.807) is 6.92 Å². The highest BCUT2D eigenvalue weighted by atomic mass is 16.5. The fourth-order valence-corrected chi connectivity index (χ4v) is 2.40. The van der Waals surface area contributed by atoms with E-state index in [0.717, 1.165) is 22.3 Å². The molecule has 0 atom stereocenters. The quantitative estimate of drug-likeness (QED) is 0.811. The molecular weight excluding hydrogens is 268 g/mol. The van der Waals surface area contributed by atoms with E-state index in [-0.39, 0.29) is 12.6 Å². The zero-order chi connectivity index (χ0) is 15.7. The van der Waals surface area contributed by atoms with Gasteiger partial charge in [-0.05, 0) is 62.4 Å². The zero-order valence-electron chi connectivity index (χ0n) is 13.3. The third kappa shape index (κ3) is 2.82. The number of carbonyl (C=O) groups excluding carboxylic acids is 1. The lowest BCUT2D eigenvalue weighted by atomic mass is 9.90. The highest BCUT2D eigenvalue weighted by Crippen LogP contribution is 2.26. The van der Waals surface area contributed by atoms with Crippen LogP contribution in [-0.2, 0) is 11.3 Å². The van der Waals surface area contributed by atoms with Gasteiger partial charge in [0.25, 0.3) is 5.89 Å². The van der Waals surface area contributed by atoms with Gasteiger partial charge in [-0.25, -0.2) is 4.79 Å². The number of rotatable bonds is 3. The molecule has 0 aliphatic carbocycles. The van der Waals surface area contributed by atoms with E-state index >= 15 is 0 Å². The van der Waals surface area contributed by atoms with Gasteiger partial charge in [0.2, 0.25) is 5.89 Å². The van der Waals surface area contributed by atoms with Gasteiger partial charge in [0, 0.05) is 6.92 Å². The van der Waals surface area contributed by atoms with E-state index in [4.69, 9.17) is 9.15 Å². The molecule has 0 aliphatic heterocycles. The van der Waals surface area contributed by atoms with Crippen LogP contribution in [-0.4, -0.2) is 16.2 Å². The molecule has 0 saturated carbocycles. The lowest BCUT2D eigenvalue weighted by Gasteiger charge is -2.17. The Bertz CT molecular complexity index is 673. The number of ether oxygens (including phenoxy) is 1. The predicted octanol–water partition coefficient (Wildman–Crippen LogP) is 3.28. The molecule has 0 saturated heterocycles. The smallest absolute Gasteiger partial charge is 0.339 e. The molecule has 0 radical (unpaired) electrons. The van der Waals surface area contributed by atoms with Crippen molar-refractivity contribution in [3.05, 3.63) is 45.2 Å². The largest absolute Gasteiger partial charge is 0.452 e. The molecule has 1 heterocycles. The van der Waals surface area contributed by atoms with Gasteiger partial charge in [-0.2, -0.15) is 0 Å². The zero-order valence-corrected chi connectivity index (χ0v) is 13.3. The molecule has 5 heteroatoms. The van der Waals surface area contributed by atoms with Crippen molar-refractivity contribution in [1.82, 2.24) is 10.2 Å². The van der Waals surface area contributed by atoms with Gasteiger partial charge in [0.05, 0.1) is 5.56 Å². The first-order valence-corrected chi connectivity index (χ1v) is 6.86. The van der Waals surface area contributed by atoms with Crippen molar-refractivity contribution in [2.24, 2.45) is 0 Å². The van der Waals surface area contributed by atoms with Crippen LogP contribution in [0.4, 0.5) is 0 Å². The highest BCUT2D eigenvalue weighted by Gasteiger charge is 2.20. The Labute approximate surface area is 124 Å². The maximum absolute atomic E-state index is 12.4. The minimum atomic E-state index is -0.355. The number of hydrogen-bond donors (Lipinski definition) is 0. The summed E-state index contributed by atoms with van der Waals surface area (Å²) in [6.45, 7) is 11.7. The molecule has 21 heavy (non-hydrogen) atoms. The number of esters is 1. The SMILES string of the molecule is Cc1nnc(COC(=O)c2c(C)c(C)c(C)c(C)c2C)o1. The molecule has 112 valence electrons. The van der Waals surface area contributed by atoms with Gasteiger partial charge in [0.1, 0.15) is 0 Å². The number of aryl methyl sites for hydroxylation is 1. The molecule has 0 spiro atoms. The van der Waals surface area contributed by atoms with E-state index in [2.05, 4.69) is 17.1 Å². The lowest BCUT2D eigenvalue weighted by Crippen LogP contribution is -2.12. The standard InChI is InChI=1S/C16H20N2O3/c1-8-9(2)11(4)15(12(5)10(8)3)16(19)20-7-14-18-17-13(6)21-14/h7H2,1-6H3. The Balaban J connectivity index is 2.27. The summed E-state index contributed by atoms with van der Waals surface area (Å²) in [5.41, 5.74) is 6.02. The van der Waals surface area contributed by atoms with Crippen LogP contribution >= 0.6 is 0 Å². The fourth-order valence-electron chi connectivity index (χ4n) is 2.40. The number of nitrogens with zero attached hydrogens (tertiary/aromatic N) is 2. The van der Waals surface area contributed by atoms with Crippen molar-refractivity contribution >= 4 is 5.97 Å². The minimum Gasteiger partial charge on any atom is -0.452 e. The van der Waals surface area contributed by atoms with Gasteiger partial charge < -0.3 is 9.15 Å². The van der Waals surface area contributed by atoms with Crippen molar-refractivity contribution in [3.63, 3.8) is 0 Å². The van der Waals surface area contributed by atoms with E-state index < -0.39 is 0 Å². The first kappa shape index (κ1) is 15.2. The van der Waals surface area contributed by atoms with Gasteiger partial charge in [-0.1, -0.05) is 0 Å². The molecule has 0 amide bonds. The van der Waals surface area contributed by atoms with Crippen molar-refractivity contribution < 1.29 is 13.9 Å². The molecule has 2 rings (SSSR count). The lowest BCUT2D eigenvalue weighted by molar-refractivity contribution is 0.0435. The molecule has 1 aromatic carbocycles. The van der Waals surface area contributed by atoms with Crippen LogP contribution < -0.4 is 0 Å². The van der Waals surface area contributed by atoms with Gasteiger partial charge in [0.15, 0.2) is 6.61 Å². The molecule has 0 N–H and O–H groups in total. The molecule has 2 aromatic rings. The highest BCUT2D eigenvalue weighted by molar-refractivity contribution is 5.93. The van der Waals surface area contributed by atoms with Crippen molar-refractivity contribution in [3.8, 4) is 0 Å². The van der Waals surface area contributed by atoms with Crippen LogP contribution in [0.2, 0.25) is 0 Å². The summed E-state index contributed by atoms with van der Waals surface area (Å²) < 4.78 is 10.5. The third-order valence-electron chi connectivity index (χ3n) is 4.10. The number of benzene rings is 1. The molecule has 5 nitrogen and oxygen atoms in total. The first-order chi connectivity index (χ1) is 9.82. The summed E-state index contributed by atoms with van der Waals surface area (Å²) in [6.07, 6.45) is 0. The third-order valence-corrected chi connectivity index (χ3v) is 4.10. The van der Waals surface area contributed by atoms with Crippen LogP contribution in [0.3, 0.4) is 0 Å². The second kappa shape index (κ2) is 5.68. The molecule has 1 aromatic heterocycles. The Kier molecular flexibility index (Phi) is 4.11. The van der Waals surface area contributed by atoms with Crippen LogP contribution in [0, 0.1) is 41.5 Å². The van der Waals surface area contributed by atoms with Crippen molar-refractivity contribution in [2.75, 3.05) is 0 Å². The van der Waals surface area contributed by atoms with Crippen LogP contribution in [0.15, 0.2) is 4.42 Å². The Morgan fingerprint density at radius 3 is 1.90 bits per heavy atom. The summed E-state index contributed by atoms with van der Waals surface area (Å²) in [4.78, 5) is 12.4. The Morgan fingerprint density at radius 1 is 0.905 bits per heavy atom. The number of carbonyl (C=O) groups is 1. The summed E-state index contributed by atoms with van der Waals surface area (Å²) in [7, 11) is 0. The Hall–Kier alpha value is -2.17. The second-order valence-electron chi connectivity index (χ2n) is 5.29. The second-order valence-corrected chi connectivity index (χ2v) is 5.29. The topological polar surface area (TPSA) is 65.2 Å². The van der Waals surface area contributed by atoms with E-state index in [0.29, 0.717) is 17.3 Å². The molecule has 0 bridgehead atoms. The summed E-state index contributed by atoms with van der Waals surface area (Å²) in [6, 6.07) is 0. The average Bonchev–Trinajstić information content (AvgIpc) is 2.86. The van der Waals surface area contributed by atoms with E-state index in [9.17, 15) is 4.79 Å². The minimum absolute atomic E-state index is 0.00940. The monoisotopic (exact) mass is 288 g/mol. The van der Waals surface area contributed by atoms with Crippen molar-refractivity contribution in [2.45, 2.75) is 48.1 Å². The van der Waals surface area contributed by atoms with E-state index in [1.807, 2.05) is 27.7 Å². The van der Waals surface area contributed by atoms with Gasteiger partial charge in [-0.3, -0.25) is 0 Å². The van der Waals surface area contributed by atoms with Crippen molar-refractivity contribution in [1.29, 1.82) is 0 Å². The van der Waals surface area contributed by atoms with Crippen LogP contribution in [0.5, 0.6) is 0 Å². The maximum atomic E-state index is 12.4. The maximum Gasteiger partial charge on any atom is 0.339 e. The molecule has 0 fully saturated rings. The van der Waals surface area contributed by atoms with E-state index in [1.165, 1.54) is 5.56 Å². The molecule has 0 aliphatic rings. The predicted molar refractivity (Wildman–Crippen MR) is 78.3 cm³/mol. The Morgan fingerprint density at radius 2 is 1.43 bits per heavy atom. The first-order valence-electron chi connectivity index (χ1n) is 6.86. The fraction of sp³-hybridized carbons (Fsp3) is 0.438. The summed E-state index contributed by atoms with van der Waals surface area (Å²) >= 11 is 0. The number of hydrogen-bond acceptors (Lipinski definition) is 5. The van der Waals surface area contributed by atoms with Crippen LogP contribution in [0.25, 0.3) is 0 Å². The summed E-state index contributed by atoms with van der Waals surface area (Å²) in [5, 5.41) is 7.52. The van der Waals surface area contributed by atoms with Gasteiger partial charge >= 0.3 is 5.97 Å².